The first kappa shape index (κ1) is 13.9. The fraction of sp³-hybridized carbons (Fsp3) is 0.235. The summed E-state index contributed by atoms with van der Waals surface area (Å²) < 4.78 is 1.98. The summed E-state index contributed by atoms with van der Waals surface area (Å²) in [6.07, 6.45) is 2.93. The van der Waals surface area contributed by atoms with E-state index in [-0.39, 0.29) is 5.91 Å². The number of halogens is 1. The number of benzene rings is 1. The van der Waals surface area contributed by atoms with Gasteiger partial charge in [0.1, 0.15) is 6.54 Å². The molecule has 0 N–H and O–H groups in total. The van der Waals surface area contributed by atoms with Crippen LogP contribution in [0.15, 0.2) is 41.9 Å². The number of amides is 1. The summed E-state index contributed by atoms with van der Waals surface area (Å²) in [7, 11) is 0. The second-order valence-electron chi connectivity index (χ2n) is 5.58. The standard InChI is InChI=1S/C17H15ClN2OS/c18-14-2-1-12-3-6-19(15(12)9-14)11-17(21)20-7-4-16-13(10-20)5-8-22-16/h1-3,5-6,8-9H,4,7,10-11H2. The number of hydrogen-bond donors (Lipinski definition) is 0. The molecule has 0 spiro atoms. The summed E-state index contributed by atoms with van der Waals surface area (Å²) in [6, 6.07) is 9.92. The zero-order chi connectivity index (χ0) is 15.1. The Kier molecular flexibility index (Phi) is 3.43. The molecule has 0 radical (unpaired) electrons. The smallest absolute Gasteiger partial charge is 0.242 e. The van der Waals surface area contributed by atoms with Crippen LogP contribution >= 0.6 is 22.9 Å². The predicted molar refractivity (Wildman–Crippen MR) is 90.4 cm³/mol. The molecule has 1 aliphatic rings. The van der Waals surface area contributed by atoms with Crippen LogP contribution in [-0.4, -0.2) is 21.9 Å². The molecular formula is C17H15ClN2OS. The highest BCUT2D eigenvalue weighted by Gasteiger charge is 2.21. The van der Waals surface area contributed by atoms with Gasteiger partial charge < -0.3 is 9.47 Å². The van der Waals surface area contributed by atoms with Crippen molar-refractivity contribution in [1.29, 1.82) is 0 Å². The normalized spacial score (nSPS) is 14.3. The van der Waals surface area contributed by atoms with Gasteiger partial charge in [-0.25, -0.2) is 0 Å². The van der Waals surface area contributed by atoms with E-state index in [0.29, 0.717) is 11.6 Å². The Morgan fingerprint density at radius 1 is 1.27 bits per heavy atom. The maximum atomic E-state index is 12.6. The van der Waals surface area contributed by atoms with Gasteiger partial charge in [-0.15, -0.1) is 11.3 Å². The van der Waals surface area contributed by atoms with Crippen molar-refractivity contribution in [1.82, 2.24) is 9.47 Å². The van der Waals surface area contributed by atoms with Crippen LogP contribution in [-0.2, 0) is 24.3 Å². The van der Waals surface area contributed by atoms with Crippen LogP contribution in [0.1, 0.15) is 10.4 Å². The summed E-state index contributed by atoms with van der Waals surface area (Å²) >= 11 is 7.86. The summed E-state index contributed by atoms with van der Waals surface area (Å²) in [4.78, 5) is 16.0. The monoisotopic (exact) mass is 330 g/mol. The second-order valence-corrected chi connectivity index (χ2v) is 7.02. The van der Waals surface area contributed by atoms with Crippen molar-refractivity contribution in [3.63, 3.8) is 0 Å². The Bertz CT molecular complexity index is 851. The third kappa shape index (κ3) is 2.42. The maximum Gasteiger partial charge on any atom is 0.242 e. The summed E-state index contributed by atoms with van der Waals surface area (Å²) in [5, 5.41) is 3.91. The zero-order valence-electron chi connectivity index (χ0n) is 12.0. The molecule has 0 bridgehead atoms. The molecule has 1 aliphatic heterocycles. The van der Waals surface area contributed by atoms with Crippen molar-refractivity contribution in [2.24, 2.45) is 0 Å². The molecule has 0 fully saturated rings. The Labute approximate surface area is 137 Å². The number of carbonyl (C=O) groups excluding carboxylic acids is 1. The molecule has 0 aliphatic carbocycles. The van der Waals surface area contributed by atoms with Crippen molar-refractivity contribution in [2.75, 3.05) is 6.54 Å². The van der Waals surface area contributed by atoms with Crippen LogP contribution in [0, 0.1) is 0 Å². The van der Waals surface area contributed by atoms with Gasteiger partial charge in [0.05, 0.1) is 0 Å². The highest BCUT2D eigenvalue weighted by atomic mass is 35.5. The van der Waals surface area contributed by atoms with E-state index >= 15 is 0 Å². The van der Waals surface area contributed by atoms with Crippen molar-refractivity contribution in [3.05, 3.63) is 57.4 Å². The zero-order valence-corrected chi connectivity index (χ0v) is 13.5. The quantitative estimate of drug-likeness (QED) is 0.698. The Morgan fingerprint density at radius 2 is 2.18 bits per heavy atom. The van der Waals surface area contributed by atoms with Crippen LogP contribution in [0.4, 0.5) is 0 Å². The molecule has 5 heteroatoms. The van der Waals surface area contributed by atoms with E-state index in [4.69, 9.17) is 11.6 Å². The van der Waals surface area contributed by atoms with Gasteiger partial charge in [0.2, 0.25) is 5.91 Å². The van der Waals surface area contributed by atoms with Gasteiger partial charge in [-0.05, 0) is 47.0 Å². The minimum atomic E-state index is 0.161. The molecule has 0 saturated carbocycles. The first-order chi connectivity index (χ1) is 10.7. The minimum Gasteiger partial charge on any atom is -0.338 e. The van der Waals surface area contributed by atoms with Crippen LogP contribution in [0.2, 0.25) is 5.02 Å². The molecule has 22 heavy (non-hydrogen) atoms. The minimum absolute atomic E-state index is 0.161. The molecule has 4 rings (SSSR count). The van der Waals surface area contributed by atoms with Gasteiger partial charge in [0.25, 0.3) is 0 Å². The van der Waals surface area contributed by atoms with Crippen molar-refractivity contribution in [3.8, 4) is 0 Å². The highest BCUT2D eigenvalue weighted by Crippen LogP contribution is 2.25. The van der Waals surface area contributed by atoms with Crippen molar-refractivity contribution < 1.29 is 4.79 Å². The number of hydrogen-bond acceptors (Lipinski definition) is 2. The summed E-state index contributed by atoms with van der Waals surface area (Å²) in [6.45, 7) is 1.91. The molecule has 0 atom stereocenters. The molecule has 1 amide bonds. The van der Waals surface area contributed by atoms with Gasteiger partial charge >= 0.3 is 0 Å². The van der Waals surface area contributed by atoms with Crippen LogP contribution in [0.3, 0.4) is 0 Å². The first-order valence-corrected chi connectivity index (χ1v) is 8.54. The molecule has 0 saturated heterocycles. The largest absolute Gasteiger partial charge is 0.338 e. The summed E-state index contributed by atoms with van der Waals surface area (Å²) in [5.74, 6) is 0.161. The number of rotatable bonds is 2. The molecule has 0 unspecified atom stereocenters. The molecule has 3 nitrogen and oxygen atoms in total. The Hall–Kier alpha value is -1.78. The Balaban J connectivity index is 1.55. The summed E-state index contributed by atoms with van der Waals surface area (Å²) in [5.41, 5.74) is 2.30. The lowest BCUT2D eigenvalue weighted by Crippen LogP contribution is -2.37. The van der Waals surface area contributed by atoms with Gasteiger partial charge in [-0.1, -0.05) is 17.7 Å². The van der Waals surface area contributed by atoms with E-state index in [9.17, 15) is 4.79 Å². The molecule has 3 heterocycles. The fourth-order valence-corrected chi connectivity index (χ4v) is 4.06. The SMILES string of the molecule is O=C(Cn1ccc2ccc(Cl)cc21)N1CCc2sccc2C1. The third-order valence-electron chi connectivity index (χ3n) is 4.20. The van der Waals surface area contributed by atoms with Crippen LogP contribution in [0.25, 0.3) is 10.9 Å². The molecule has 1 aromatic carbocycles. The van der Waals surface area contributed by atoms with E-state index in [1.165, 1.54) is 10.4 Å². The number of fused-ring (bicyclic) bond motifs is 2. The number of nitrogens with zero attached hydrogens (tertiary/aromatic N) is 2. The van der Waals surface area contributed by atoms with Crippen molar-refractivity contribution >= 4 is 39.7 Å². The van der Waals surface area contributed by atoms with Gasteiger partial charge in [-0.2, -0.15) is 0 Å². The average Bonchev–Trinajstić information content (AvgIpc) is 3.13. The van der Waals surface area contributed by atoms with E-state index in [1.54, 1.807) is 11.3 Å². The molecule has 2 aromatic heterocycles. The average molecular weight is 331 g/mol. The fourth-order valence-electron chi connectivity index (χ4n) is 3.00. The van der Waals surface area contributed by atoms with Gasteiger partial charge in [0, 0.05) is 34.7 Å². The molecule has 3 aromatic rings. The van der Waals surface area contributed by atoms with E-state index < -0.39 is 0 Å². The lowest BCUT2D eigenvalue weighted by Gasteiger charge is -2.27. The highest BCUT2D eigenvalue weighted by molar-refractivity contribution is 7.10. The molecular weight excluding hydrogens is 316 g/mol. The van der Waals surface area contributed by atoms with E-state index in [0.717, 1.165) is 30.4 Å². The number of carbonyl (C=O) groups is 1. The van der Waals surface area contributed by atoms with Gasteiger partial charge in [0.15, 0.2) is 0 Å². The second kappa shape index (κ2) is 5.45. The number of thiophene rings is 1. The van der Waals surface area contributed by atoms with E-state index in [1.807, 2.05) is 39.9 Å². The predicted octanol–water partition coefficient (Wildman–Crippen LogP) is 3.94. The number of aromatic nitrogens is 1. The van der Waals surface area contributed by atoms with E-state index in [2.05, 4.69) is 11.4 Å². The lowest BCUT2D eigenvalue weighted by molar-refractivity contribution is -0.132. The first-order valence-electron chi connectivity index (χ1n) is 7.28. The third-order valence-corrected chi connectivity index (χ3v) is 5.46. The van der Waals surface area contributed by atoms with Crippen molar-refractivity contribution in [2.45, 2.75) is 19.5 Å². The van der Waals surface area contributed by atoms with Crippen LogP contribution < -0.4 is 0 Å². The maximum absolute atomic E-state index is 12.6. The van der Waals surface area contributed by atoms with Gasteiger partial charge in [-0.3, -0.25) is 4.79 Å². The Morgan fingerprint density at radius 3 is 3.09 bits per heavy atom. The molecule has 112 valence electrons. The van der Waals surface area contributed by atoms with Crippen LogP contribution in [0.5, 0.6) is 0 Å². The topological polar surface area (TPSA) is 25.2 Å². The lowest BCUT2D eigenvalue weighted by atomic mass is 10.1.